The highest BCUT2D eigenvalue weighted by Crippen LogP contribution is 2.21. The number of nitrogens with zero attached hydrogens (tertiary/aromatic N) is 4. The van der Waals surface area contributed by atoms with Crippen molar-refractivity contribution in [3.05, 3.63) is 23.9 Å². The normalized spacial score (nSPS) is 20.5. The summed E-state index contributed by atoms with van der Waals surface area (Å²) in [6.45, 7) is 11.7. The number of amides is 2. The molecule has 0 bridgehead atoms. The molecule has 1 unspecified atom stereocenters. The monoisotopic (exact) mass is 389 g/mol. The molecule has 2 amide bonds. The van der Waals surface area contributed by atoms with Gasteiger partial charge in [0.2, 0.25) is 0 Å². The first-order valence-corrected chi connectivity index (χ1v) is 10.7. The molecule has 1 aromatic heterocycles. The number of nitrogens with one attached hydrogen (secondary N) is 1. The highest BCUT2D eigenvalue weighted by Gasteiger charge is 2.26. The van der Waals surface area contributed by atoms with Crippen molar-refractivity contribution in [1.29, 1.82) is 0 Å². The van der Waals surface area contributed by atoms with E-state index in [0.717, 1.165) is 63.5 Å². The Kier molecular flexibility index (Phi) is 7.13. The third-order valence-electron chi connectivity index (χ3n) is 6.02. The first-order valence-electron chi connectivity index (χ1n) is 10.7. The first-order chi connectivity index (χ1) is 13.5. The van der Waals surface area contributed by atoms with Crippen LogP contribution in [-0.4, -0.2) is 77.3 Å². The summed E-state index contributed by atoms with van der Waals surface area (Å²) in [5.41, 5.74) is 0.867. The summed E-state index contributed by atoms with van der Waals surface area (Å²) in [5, 5.41) is 13.1. The van der Waals surface area contributed by atoms with Crippen LogP contribution in [-0.2, 0) is 0 Å². The zero-order chi connectivity index (χ0) is 20.1. The van der Waals surface area contributed by atoms with E-state index in [9.17, 15) is 9.90 Å². The molecule has 3 rings (SSSR count). The van der Waals surface area contributed by atoms with Gasteiger partial charge in [0.15, 0.2) is 0 Å². The Morgan fingerprint density at radius 1 is 1.18 bits per heavy atom. The zero-order valence-corrected chi connectivity index (χ0v) is 17.5. The van der Waals surface area contributed by atoms with Crippen LogP contribution in [0.2, 0.25) is 0 Å². The van der Waals surface area contributed by atoms with Crippen molar-refractivity contribution in [1.82, 2.24) is 20.1 Å². The van der Waals surface area contributed by atoms with Gasteiger partial charge in [0.1, 0.15) is 5.82 Å². The summed E-state index contributed by atoms with van der Waals surface area (Å²) < 4.78 is 0. The van der Waals surface area contributed by atoms with Crippen molar-refractivity contribution in [2.24, 2.45) is 0 Å². The summed E-state index contributed by atoms with van der Waals surface area (Å²) in [6.07, 6.45) is 3.88. The van der Waals surface area contributed by atoms with E-state index in [1.807, 2.05) is 24.0 Å². The third kappa shape index (κ3) is 5.14. The Labute approximate surface area is 168 Å². The SMILES string of the molecule is CCC(O)c1ccc(N2CCC(NC(=O)N3CCN(C(C)C)CC3)CC2)nc1. The molecule has 156 valence electrons. The van der Waals surface area contributed by atoms with Crippen LogP contribution < -0.4 is 10.2 Å². The number of aliphatic hydroxyl groups excluding tert-OH is 1. The Bertz CT molecular complexity index is 620. The van der Waals surface area contributed by atoms with Crippen LogP contribution >= 0.6 is 0 Å². The number of anilines is 1. The van der Waals surface area contributed by atoms with Crippen LogP contribution in [0.3, 0.4) is 0 Å². The second kappa shape index (κ2) is 9.56. The fourth-order valence-corrected chi connectivity index (χ4v) is 3.98. The van der Waals surface area contributed by atoms with E-state index in [4.69, 9.17) is 0 Å². The number of rotatable bonds is 5. The van der Waals surface area contributed by atoms with Gasteiger partial charge in [-0.2, -0.15) is 0 Å². The quantitative estimate of drug-likeness (QED) is 0.808. The maximum atomic E-state index is 12.6. The molecule has 1 aromatic rings. The molecule has 0 saturated carbocycles. The molecule has 28 heavy (non-hydrogen) atoms. The second-order valence-electron chi connectivity index (χ2n) is 8.20. The lowest BCUT2D eigenvalue weighted by molar-refractivity contribution is 0.117. The number of carbonyl (C=O) groups excluding carboxylic acids is 1. The molecule has 0 aliphatic carbocycles. The van der Waals surface area contributed by atoms with Crippen molar-refractivity contribution >= 4 is 11.8 Å². The molecule has 1 atom stereocenters. The lowest BCUT2D eigenvalue weighted by Crippen LogP contribution is -2.55. The number of aromatic nitrogens is 1. The molecule has 2 fully saturated rings. The molecule has 0 aromatic carbocycles. The summed E-state index contributed by atoms with van der Waals surface area (Å²) >= 11 is 0. The number of pyridine rings is 1. The molecule has 2 N–H and O–H groups in total. The highest BCUT2D eigenvalue weighted by atomic mass is 16.3. The number of hydrogen-bond donors (Lipinski definition) is 2. The molecule has 7 nitrogen and oxygen atoms in total. The molecule has 2 saturated heterocycles. The summed E-state index contributed by atoms with van der Waals surface area (Å²) in [5.74, 6) is 0.946. The Morgan fingerprint density at radius 3 is 2.39 bits per heavy atom. The standard InChI is InChI=1S/C21H35N5O2/c1-4-19(27)17-5-6-20(22-15-17)25-9-7-18(8-10-25)23-21(28)26-13-11-24(12-14-26)16(2)3/h5-6,15-16,18-19,27H,4,7-14H2,1-3H3,(H,23,28). The van der Waals surface area contributed by atoms with Crippen LogP contribution in [0.5, 0.6) is 0 Å². The molecular formula is C21H35N5O2. The number of hydrogen-bond acceptors (Lipinski definition) is 5. The minimum Gasteiger partial charge on any atom is -0.388 e. The smallest absolute Gasteiger partial charge is 0.317 e. The molecule has 7 heteroatoms. The number of piperidine rings is 1. The van der Waals surface area contributed by atoms with Crippen LogP contribution in [0.15, 0.2) is 18.3 Å². The van der Waals surface area contributed by atoms with Gasteiger partial charge in [0.05, 0.1) is 6.10 Å². The second-order valence-corrected chi connectivity index (χ2v) is 8.20. The minimum atomic E-state index is -0.440. The van der Waals surface area contributed by atoms with Gasteiger partial charge in [-0.05, 0) is 44.7 Å². The van der Waals surface area contributed by atoms with E-state index < -0.39 is 6.10 Å². The molecule has 2 aliphatic rings. The molecule has 2 aliphatic heterocycles. The average molecular weight is 390 g/mol. The summed E-state index contributed by atoms with van der Waals surface area (Å²) in [4.78, 5) is 23.7. The van der Waals surface area contributed by atoms with Crippen LogP contribution in [0, 0.1) is 0 Å². The predicted molar refractivity (Wildman–Crippen MR) is 112 cm³/mol. The first kappa shape index (κ1) is 20.9. The van der Waals surface area contributed by atoms with Crippen LogP contribution in [0.4, 0.5) is 10.6 Å². The fraction of sp³-hybridized carbons (Fsp3) is 0.714. The van der Waals surface area contributed by atoms with Gasteiger partial charge in [-0.3, -0.25) is 4.90 Å². The highest BCUT2D eigenvalue weighted by molar-refractivity contribution is 5.74. The van der Waals surface area contributed by atoms with E-state index in [0.29, 0.717) is 12.5 Å². The van der Waals surface area contributed by atoms with Gasteiger partial charge in [0.25, 0.3) is 0 Å². The maximum absolute atomic E-state index is 12.6. The van der Waals surface area contributed by atoms with Crippen LogP contribution in [0.25, 0.3) is 0 Å². The topological polar surface area (TPSA) is 71.9 Å². The van der Waals surface area contributed by atoms with Gasteiger partial charge in [0, 0.05) is 57.5 Å². The van der Waals surface area contributed by atoms with E-state index in [1.165, 1.54) is 0 Å². The molecule has 0 spiro atoms. The zero-order valence-electron chi connectivity index (χ0n) is 17.5. The van der Waals surface area contributed by atoms with Gasteiger partial charge >= 0.3 is 6.03 Å². The average Bonchev–Trinajstić information content (AvgIpc) is 2.74. The predicted octanol–water partition coefficient (Wildman–Crippen LogP) is 2.23. The largest absolute Gasteiger partial charge is 0.388 e. The summed E-state index contributed by atoms with van der Waals surface area (Å²) in [7, 11) is 0. The molecule has 3 heterocycles. The van der Waals surface area contributed by atoms with Crippen molar-refractivity contribution in [2.45, 2.75) is 58.2 Å². The van der Waals surface area contributed by atoms with Gasteiger partial charge in [-0.25, -0.2) is 9.78 Å². The number of piperazine rings is 1. The fourth-order valence-electron chi connectivity index (χ4n) is 3.98. The van der Waals surface area contributed by atoms with E-state index in [1.54, 1.807) is 6.20 Å². The molecule has 0 radical (unpaired) electrons. The Balaban J connectivity index is 1.43. The minimum absolute atomic E-state index is 0.0814. The lowest BCUT2D eigenvalue weighted by Gasteiger charge is -2.38. The van der Waals surface area contributed by atoms with Crippen molar-refractivity contribution in [3.8, 4) is 0 Å². The Morgan fingerprint density at radius 2 is 1.86 bits per heavy atom. The van der Waals surface area contributed by atoms with Crippen molar-refractivity contribution < 1.29 is 9.90 Å². The molecular weight excluding hydrogens is 354 g/mol. The Hall–Kier alpha value is -1.86. The van der Waals surface area contributed by atoms with Gasteiger partial charge < -0.3 is 20.2 Å². The van der Waals surface area contributed by atoms with Crippen LogP contribution in [0.1, 0.15) is 51.7 Å². The number of carbonyl (C=O) groups is 1. The van der Waals surface area contributed by atoms with Crippen molar-refractivity contribution in [3.63, 3.8) is 0 Å². The number of aliphatic hydroxyl groups is 1. The third-order valence-corrected chi connectivity index (χ3v) is 6.02. The number of urea groups is 1. The van der Waals surface area contributed by atoms with Gasteiger partial charge in [-0.15, -0.1) is 0 Å². The van der Waals surface area contributed by atoms with E-state index in [2.05, 4.69) is 33.9 Å². The lowest BCUT2D eigenvalue weighted by atomic mass is 10.0. The van der Waals surface area contributed by atoms with E-state index >= 15 is 0 Å². The summed E-state index contributed by atoms with van der Waals surface area (Å²) in [6, 6.07) is 4.80. The van der Waals surface area contributed by atoms with Gasteiger partial charge in [-0.1, -0.05) is 13.0 Å². The van der Waals surface area contributed by atoms with Crippen molar-refractivity contribution in [2.75, 3.05) is 44.2 Å². The van der Waals surface area contributed by atoms with E-state index in [-0.39, 0.29) is 12.1 Å². The maximum Gasteiger partial charge on any atom is 0.317 e.